The molecule has 0 atom stereocenters. The maximum absolute atomic E-state index is 11.2. The molecule has 18 heavy (non-hydrogen) atoms. The van der Waals surface area contributed by atoms with Gasteiger partial charge in [0.2, 0.25) is 0 Å². The third-order valence-corrected chi connectivity index (χ3v) is 3.39. The molecule has 1 aliphatic rings. The van der Waals surface area contributed by atoms with Crippen molar-refractivity contribution in [2.24, 2.45) is 0 Å². The molecule has 1 aromatic rings. The van der Waals surface area contributed by atoms with Gasteiger partial charge in [-0.25, -0.2) is 9.78 Å². The van der Waals surface area contributed by atoms with Crippen LogP contribution in [0, 0.1) is 0 Å². The Labute approximate surface area is 110 Å². The zero-order chi connectivity index (χ0) is 12.8. The zero-order valence-electron chi connectivity index (χ0n) is 10.3. The van der Waals surface area contributed by atoms with E-state index >= 15 is 0 Å². The first-order chi connectivity index (χ1) is 8.79. The fraction of sp³-hybridized carbons (Fsp3) is 0.500. The Morgan fingerprint density at radius 2 is 2.39 bits per heavy atom. The maximum Gasteiger partial charge on any atom is 0.330 e. The van der Waals surface area contributed by atoms with E-state index < -0.39 is 0 Å². The number of thiazole rings is 1. The van der Waals surface area contributed by atoms with Crippen molar-refractivity contribution in [1.29, 1.82) is 0 Å². The number of nitrogens with zero attached hydrogens (tertiary/aromatic N) is 2. The molecule has 1 saturated heterocycles. The molecule has 0 saturated carbocycles. The Bertz CT molecular complexity index is 425. The van der Waals surface area contributed by atoms with Crippen LogP contribution in [0.2, 0.25) is 0 Å². The standard InChI is InChI=1S/C12H16N2O3S/c1-2-17-11(15)4-3-10-9-18-12(13-10)14-5-7-16-8-6-14/h3-4,9H,2,5-8H2,1H3. The Morgan fingerprint density at radius 3 is 3.11 bits per heavy atom. The number of carbonyl (C=O) groups is 1. The molecular weight excluding hydrogens is 252 g/mol. The van der Waals surface area contributed by atoms with E-state index in [2.05, 4.69) is 9.88 Å². The highest BCUT2D eigenvalue weighted by molar-refractivity contribution is 7.13. The van der Waals surface area contributed by atoms with E-state index in [1.54, 1.807) is 24.3 Å². The smallest absolute Gasteiger partial charge is 0.330 e. The van der Waals surface area contributed by atoms with Gasteiger partial charge in [0.15, 0.2) is 5.13 Å². The predicted octanol–water partition coefficient (Wildman–Crippen LogP) is 1.56. The van der Waals surface area contributed by atoms with Gasteiger partial charge in [-0.1, -0.05) is 0 Å². The monoisotopic (exact) mass is 268 g/mol. The predicted molar refractivity (Wildman–Crippen MR) is 70.8 cm³/mol. The van der Waals surface area contributed by atoms with E-state index in [-0.39, 0.29) is 5.97 Å². The third kappa shape index (κ3) is 3.54. The van der Waals surface area contributed by atoms with E-state index in [4.69, 9.17) is 9.47 Å². The van der Waals surface area contributed by atoms with E-state index in [0.717, 1.165) is 37.1 Å². The fourth-order valence-electron chi connectivity index (χ4n) is 1.60. The normalized spacial score (nSPS) is 16.2. The van der Waals surface area contributed by atoms with Crippen molar-refractivity contribution in [2.75, 3.05) is 37.8 Å². The summed E-state index contributed by atoms with van der Waals surface area (Å²) in [5.41, 5.74) is 0.787. The lowest BCUT2D eigenvalue weighted by Crippen LogP contribution is -2.36. The van der Waals surface area contributed by atoms with E-state index in [9.17, 15) is 4.79 Å². The van der Waals surface area contributed by atoms with Gasteiger partial charge in [-0.3, -0.25) is 0 Å². The number of hydrogen-bond acceptors (Lipinski definition) is 6. The summed E-state index contributed by atoms with van der Waals surface area (Å²) in [4.78, 5) is 17.8. The number of esters is 1. The van der Waals surface area contributed by atoms with Crippen LogP contribution in [0.15, 0.2) is 11.5 Å². The maximum atomic E-state index is 11.2. The number of ether oxygens (including phenoxy) is 2. The summed E-state index contributed by atoms with van der Waals surface area (Å²) in [5, 5.41) is 2.90. The molecule has 5 nitrogen and oxygen atoms in total. The van der Waals surface area contributed by atoms with Crippen LogP contribution in [-0.4, -0.2) is 43.9 Å². The molecule has 2 heterocycles. The molecule has 0 aliphatic carbocycles. The summed E-state index contributed by atoms with van der Waals surface area (Å²) in [6.07, 6.45) is 3.08. The first-order valence-corrected chi connectivity index (χ1v) is 6.80. The summed E-state index contributed by atoms with van der Waals surface area (Å²) in [7, 11) is 0. The first-order valence-electron chi connectivity index (χ1n) is 5.92. The van der Waals surface area contributed by atoms with Crippen molar-refractivity contribution in [1.82, 2.24) is 4.98 Å². The average Bonchev–Trinajstić information content (AvgIpc) is 2.87. The molecule has 0 N–H and O–H groups in total. The Kier molecular flexibility index (Phi) is 4.72. The van der Waals surface area contributed by atoms with Gasteiger partial charge >= 0.3 is 5.97 Å². The molecular formula is C12H16N2O3S. The van der Waals surface area contributed by atoms with Gasteiger partial charge in [0, 0.05) is 24.5 Å². The highest BCUT2D eigenvalue weighted by atomic mass is 32.1. The van der Waals surface area contributed by atoms with E-state index in [0.29, 0.717) is 6.61 Å². The van der Waals surface area contributed by atoms with Crippen molar-refractivity contribution in [3.8, 4) is 0 Å². The van der Waals surface area contributed by atoms with Crippen molar-refractivity contribution in [3.05, 3.63) is 17.2 Å². The highest BCUT2D eigenvalue weighted by Crippen LogP contribution is 2.21. The quantitative estimate of drug-likeness (QED) is 0.612. The second-order valence-electron chi connectivity index (χ2n) is 3.74. The molecule has 0 bridgehead atoms. The van der Waals surface area contributed by atoms with Crippen LogP contribution in [0.5, 0.6) is 0 Å². The van der Waals surface area contributed by atoms with Crippen molar-refractivity contribution in [2.45, 2.75) is 6.92 Å². The molecule has 1 aliphatic heterocycles. The molecule has 0 aromatic carbocycles. The van der Waals surface area contributed by atoms with Gasteiger partial charge in [-0.15, -0.1) is 11.3 Å². The fourth-order valence-corrected chi connectivity index (χ4v) is 2.44. The van der Waals surface area contributed by atoms with Crippen LogP contribution in [0.4, 0.5) is 5.13 Å². The summed E-state index contributed by atoms with van der Waals surface area (Å²) >= 11 is 1.58. The summed E-state index contributed by atoms with van der Waals surface area (Å²) in [6, 6.07) is 0. The molecule has 1 aromatic heterocycles. The number of hydrogen-bond donors (Lipinski definition) is 0. The molecule has 98 valence electrons. The number of aromatic nitrogens is 1. The zero-order valence-corrected chi connectivity index (χ0v) is 11.1. The molecule has 0 unspecified atom stereocenters. The van der Waals surface area contributed by atoms with Crippen LogP contribution >= 0.6 is 11.3 Å². The molecule has 6 heteroatoms. The van der Waals surface area contributed by atoms with Gasteiger partial charge in [-0.05, 0) is 13.0 Å². The Morgan fingerprint density at radius 1 is 1.61 bits per heavy atom. The van der Waals surface area contributed by atoms with E-state index in [1.807, 2.05) is 5.38 Å². The van der Waals surface area contributed by atoms with Crippen molar-refractivity contribution >= 4 is 28.5 Å². The molecule has 1 fully saturated rings. The third-order valence-electron chi connectivity index (χ3n) is 2.47. The number of morpholine rings is 1. The molecule has 0 radical (unpaired) electrons. The first kappa shape index (κ1) is 13.0. The van der Waals surface area contributed by atoms with Crippen LogP contribution in [0.1, 0.15) is 12.6 Å². The van der Waals surface area contributed by atoms with Gasteiger partial charge < -0.3 is 14.4 Å². The van der Waals surface area contributed by atoms with Crippen molar-refractivity contribution in [3.63, 3.8) is 0 Å². The van der Waals surface area contributed by atoms with Crippen LogP contribution in [-0.2, 0) is 14.3 Å². The minimum atomic E-state index is -0.335. The summed E-state index contributed by atoms with van der Waals surface area (Å²) < 4.78 is 10.1. The Hall–Kier alpha value is -1.40. The summed E-state index contributed by atoms with van der Waals surface area (Å²) in [6.45, 7) is 5.40. The minimum Gasteiger partial charge on any atom is -0.463 e. The average molecular weight is 268 g/mol. The van der Waals surface area contributed by atoms with Gasteiger partial charge in [0.1, 0.15) is 0 Å². The minimum absolute atomic E-state index is 0.335. The van der Waals surface area contributed by atoms with Crippen LogP contribution in [0.3, 0.4) is 0 Å². The number of rotatable bonds is 4. The lowest BCUT2D eigenvalue weighted by Gasteiger charge is -2.25. The lowest BCUT2D eigenvalue weighted by atomic mass is 10.4. The van der Waals surface area contributed by atoms with Gasteiger partial charge in [0.05, 0.1) is 25.5 Å². The van der Waals surface area contributed by atoms with Crippen LogP contribution in [0.25, 0.3) is 6.08 Å². The largest absolute Gasteiger partial charge is 0.463 e. The number of anilines is 1. The second-order valence-corrected chi connectivity index (χ2v) is 4.58. The van der Waals surface area contributed by atoms with Gasteiger partial charge in [0.25, 0.3) is 0 Å². The summed E-state index contributed by atoms with van der Waals surface area (Å²) in [5.74, 6) is -0.335. The molecule has 0 spiro atoms. The topological polar surface area (TPSA) is 51.7 Å². The highest BCUT2D eigenvalue weighted by Gasteiger charge is 2.13. The van der Waals surface area contributed by atoms with E-state index in [1.165, 1.54) is 6.08 Å². The Balaban J connectivity index is 1.95. The number of carbonyl (C=O) groups excluding carboxylic acids is 1. The van der Waals surface area contributed by atoms with Crippen molar-refractivity contribution < 1.29 is 14.3 Å². The lowest BCUT2D eigenvalue weighted by molar-refractivity contribution is -0.137. The van der Waals surface area contributed by atoms with Gasteiger partial charge in [-0.2, -0.15) is 0 Å². The SMILES string of the molecule is CCOC(=O)C=Cc1csc(N2CCOCC2)n1. The second kappa shape index (κ2) is 6.51. The van der Waals surface area contributed by atoms with Crippen LogP contribution < -0.4 is 4.90 Å². The molecule has 0 amide bonds. The molecule has 2 rings (SSSR count).